The second-order valence-corrected chi connectivity index (χ2v) is 5.44. The number of rotatable bonds is 3. The van der Waals surface area contributed by atoms with Gasteiger partial charge >= 0.3 is 0 Å². The fraction of sp³-hybridized carbons (Fsp3) is 0.750. The Morgan fingerprint density at radius 2 is 2.35 bits per heavy atom. The first-order valence-electron chi connectivity index (χ1n) is 6.20. The van der Waals surface area contributed by atoms with Gasteiger partial charge in [-0.2, -0.15) is 0 Å². The number of piperidine rings is 1. The van der Waals surface area contributed by atoms with Crippen LogP contribution >= 0.6 is 11.6 Å². The lowest BCUT2D eigenvalue weighted by molar-refractivity contribution is 0.123. The molecule has 1 fully saturated rings. The lowest BCUT2D eigenvalue weighted by Crippen LogP contribution is -2.42. The van der Waals surface area contributed by atoms with Crippen LogP contribution in [-0.2, 0) is 13.6 Å². The number of aromatic nitrogens is 2. The van der Waals surface area contributed by atoms with Crippen LogP contribution in [0.2, 0.25) is 5.15 Å². The Morgan fingerprint density at radius 1 is 1.59 bits per heavy atom. The molecule has 2 atom stereocenters. The van der Waals surface area contributed by atoms with Gasteiger partial charge < -0.3 is 10.3 Å². The van der Waals surface area contributed by atoms with E-state index >= 15 is 0 Å². The van der Waals surface area contributed by atoms with Crippen molar-refractivity contribution in [1.82, 2.24) is 14.5 Å². The summed E-state index contributed by atoms with van der Waals surface area (Å²) in [5, 5.41) is 0.695. The van der Waals surface area contributed by atoms with Gasteiger partial charge in [0.05, 0.1) is 12.7 Å². The fourth-order valence-corrected chi connectivity index (χ4v) is 2.59. The van der Waals surface area contributed by atoms with Crippen LogP contribution in [0.25, 0.3) is 0 Å². The molecule has 0 saturated carbocycles. The summed E-state index contributed by atoms with van der Waals surface area (Å²) >= 11 is 5.99. The highest BCUT2D eigenvalue weighted by Crippen LogP contribution is 2.23. The summed E-state index contributed by atoms with van der Waals surface area (Å²) in [4.78, 5) is 6.76. The van der Waals surface area contributed by atoms with Crippen LogP contribution in [0.15, 0.2) is 6.20 Å². The third-order valence-electron chi connectivity index (χ3n) is 3.89. The highest BCUT2D eigenvalue weighted by atomic mass is 35.5. The maximum atomic E-state index is 5.99. The van der Waals surface area contributed by atoms with Gasteiger partial charge in [0, 0.05) is 13.6 Å². The summed E-state index contributed by atoms with van der Waals surface area (Å²) in [6, 6.07) is 0. The lowest BCUT2D eigenvalue weighted by atomic mass is 9.87. The summed E-state index contributed by atoms with van der Waals surface area (Å²) in [5.41, 5.74) is 5.81. The van der Waals surface area contributed by atoms with Crippen LogP contribution in [0.3, 0.4) is 0 Å². The zero-order valence-electron chi connectivity index (χ0n) is 10.6. The van der Waals surface area contributed by atoms with Gasteiger partial charge in [-0.1, -0.05) is 18.5 Å². The molecule has 1 saturated heterocycles. The molecule has 2 rings (SSSR count). The van der Waals surface area contributed by atoms with Gasteiger partial charge in [0.15, 0.2) is 0 Å². The minimum Gasteiger partial charge on any atom is -0.330 e. The molecule has 1 aromatic rings. The minimum absolute atomic E-state index is 0.611. The molecule has 2 heterocycles. The van der Waals surface area contributed by atoms with Crippen molar-refractivity contribution >= 4 is 11.6 Å². The van der Waals surface area contributed by atoms with Gasteiger partial charge in [-0.05, 0) is 31.3 Å². The summed E-state index contributed by atoms with van der Waals surface area (Å²) in [7, 11) is 1.96. The molecule has 2 N–H and O–H groups in total. The average Bonchev–Trinajstić information content (AvgIpc) is 2.63. The SMILES string of the molecule is CC1CCN(Cc2ncc(Cl)n2C)CC1CN. The maximum Gasteiger partial charge on any atom is 0.128 e. The molecule has 0 radical (unpaired) electrons. The van der Waals surface area contributed by atoms with E-state index in [2.05, 4.69) is 16.8 Å². The van der Waals surface area contributed by atoms with Crippen LogP contribution < -0.4 is 5.73 Å². The molecule has 17 heavy (non-hydrogen) atoms. The molecule has 0 aromatic carbocycles. The molecule has 1 aliphatic rings. The number of nitrogens with zero attached hydrogens (tertiary/aromatic N) is 3. The molecule has 1 aliphatic heterocycles. The first kappa shape index (κ1) is 12.9. The van der Waals surface area contributed by atoms with Crippen LogP contribution in [-0.4, -0.2) is 34.1 Å². The van der Waals surface area contributed by atoms with Gasteiger partial charge in [-0.15, -0.1) is 0 Å². The van der Waals surface area contributed by atoms with Crippen LogP contribution in [0.1, 0.15) is 19.2 Å². The molecule has 0 spiro atoms. The van der Waals surface area contributed by atoms with Crippen LogP contribution in [0, 0.1) is 11.8 Å². The highest BCUT2D eigenvalue weighted by molar-refractivity contribution is 6.29. The number of hydrogen-bond donors (Lipinski definition) is 1. The average molecular weight is 257 g/mol. The van der Waals surface area contributed by atoms with Crippen molar-refractivity contribution in [2.75, 3.05) is 19.6 Å². The second kappa shape index (κ2) is 5.38. The fourth-order valence-electron chi connectivity index (χ4n) is 2.45. The summed E-state index contributed by atoms with van der Waals surface area (Å²) in [6.07, 6.45) is 2.93. The highest BCUT2D eigenvalue weighted by Gasteiger charge is 2.25. The second-order valence-electron chi connectivity index (χ2n) is 5.05. The van der Waals surface area contributed by atoms with Gasteiger partial charge in [-0.25, -0.2) is 4.98 Å². The van der Waals surface area contributed by atoms with Crippen molar-refractivity contribution in [3.63, 3.8) is 0 Å². The third-order valence-corrected chi connectivity index (χ3v) is 4.24. The van der Waals surface area contributed by atoms with Gasteiger partial charge in [0.1, 0.15) is 11.0 Å². The molecular formula is C12H21ClN4. The molecular weight excluding hydrogens is 236 g/mol. The maximum absolute atomic E-state index is 5.99. The number of nitrogens with two attached hydrogens (primary N) is 1. The quantitative estimate of drug-likeness (QED) is 0.892. The van der Waals surface area contributed by atoms with E-state index in [0.29, 0.717) is 11.1 Å². The summed E-state index contributed by atoms with van der Waals surface area (Å²) < 4.78 is 1.94. The van der Waals surface area contributed by atoms with Gasteiger partial charge in [-0.3, -0.25) is 4.90 Å². The summed E-state index contributed by atoms with van der Waals surface area (Å²) in [5.74, 6) is 2.38. The molecule has 1 aromatic heterocycles. The molecule has 4 nitrogen and oxygen atoms in total. The predicted molar refractivity (Wildman–Crippen MR) is 69.8 cm³/mol. The monoisotopic (exact) mass is 256 g/mol. The van der Waals surface area contributed by atoms with Crippen molar-refractivity contribution in [2.45, 2.75) is 19.9 Å². The van der Waals surface area contributed by atoms with Crippen molar-refractivity contribution in [2.24, 2.45) is 24.6 Å². The third kappa shape index (κ3) is 2.81. The number of halogens is 1. The largest absolute Gasteiger partial charge is 0.330 e. The zero-order valence-corrected chi connectivity index (χ0v) is 11.3. The van der Waals surface area contributed by atoms with Gasteiger partial charge in [0.2, 0.25) is 0 Å². The first-order chi connectivity index (χ1) is 8.11. The first-order valence-corrected chi connectivity index (χ1v) is 6.58. The van der Waals surface area contributed by atoms with Crippen molar-refractivity contribution in [1.29, 1.82) is 0 Å². The van der Waals surface area contributed by atoms with Crippen LogP contribution in [0.4, 0.5) is 0 Å². The van der Waals surface area contributed by atoms with E-state index in [1.807, 2.05) is 11.6 Å². The smallest absolute Gasteiger partial charge is 0.128 e. The van der Waals surface area contributed by atoms with Crippen molar-refractivity contribution in [3.05, 3.63) is 17.2 Å². The van der Waals surface area contributed by atoms with E-state index in [1.54, 1.807) is 6.20 Å². The van der Waals surface area contributed by atoms with E-state index in [4.69, 9.17) is 17.3 Å². The van der Waals surface area contributed by atoms with Crippen LogP contribution in [0.5, 0.6) is 0 Å². The Hall–Kier alpha value is -0.580. The Morgan fingerprint density at radius 3 is 2.94 bits per heavy atom. The number of likely N-dealkylation sites (tertiary alicyclic amines) is 1. The Labute approximate surface area is 108 Å². The topological polar surface area (TPSA) is 47.1 Å². The molecule has 0 bridgehead atoms. The zero-order chi connectivity index (χ0) is 12.4. The van der Waals surface area contributed by atoms with Crippen molar-refractivity contribution in [3.8, 4) is 0 Å². The minimum atomic E-state index is 0.611. The van der Waals surface area contributed by atoms with E-state index in [1.165, 1.54) is 6.42 Å². The number of imidazole rings is 1. The van der Waals surface area contributed by atoms with Gasteiger partial charge in [0.25, 0.3) is 0 Å². The van der Waals surface area contributed by atoms with E-state index in [0.717, 1.165) is 37.9 Å². The van der Waals surface area contributed by atoms with E-state index in [9.17, 15) is 0 Å². The molecule has 0 aliphatic carbocycles. The Balaban J connectivity index is 1.98. The molecule has 96 valence electrons. The summed E-state index contributed by atoms with van der Waals surface area (Å²) in [6.45, 7) is 6.14. The Bertz CT molecular complexity index is 377. The molecule has 5 heteroatoms. The number of hydrogen-bond acceptors (Lipinski definition) is 3. The normalized spacial score (nSPS) is 26.4. The predicted octanol–water partition coefficient (Wildman–Crippen LogP) is 1.49. The van der Waals surface area contributed by atoms with E-state index in [-0.39, 0.29) is 0 Å². The molecule has 0 amide bonds. The Kier molecular flexibility index (Phi) is 4.07. The van der Waals surface area contributed by atoms with E-state index < -0.39 is 0 Å². The van der Waals surface area contributed by atoms with Crippen molar-refractivity contribution < 1.29 is 0 Å². The standard InChI is InChI=1S/C12H21ClN4/c1-9-3-4-17(7-10(9)5-14)8-12-15-6-11(13)16(12)2/h6,9-10H,3-5,7-8,14H2,1-2H3. The molecule has 2 unspecified atom stereocenters. The lowest BCUT2D eigenvalue weighted by Gasteiger charge is -2.36.